The molecule has 3 nitrogen and oxygen atoms in total. The molecule has 5 heteroatoms. The van der Waals surface area contributed by atoms with Crippen molar-refractivity contribution in [3.8, 4) is 0 Å². The summed E-state index contributed by atoms with van der Waals surface area (Å²) in [7, 11) is 0. The van der Waals surface area contributed by atoms with Crippen molar-refractivity contribution in [2.24, 2.45) is 0 Å². The number of carbonyl (C=O) groups is 3. The first kappa shape index (κ1) is 13.6. The predicted octanol–water partition coefficient (Wildman–Crippen LogP) is 1.73. The lowest BCUT2D eigenvalue weighted by Crippen LogP contribution is -2.13. The van der Waals surface area contributed by atoms with Crippen molar-refractivity contribution >= 4 is 40.6 Å². The minimum atomic E-state index is -0.352. The maximum atomic E-state index is 11.1. The highest BCUT2D eigenvalue weighted by molar-refractivity contribution is 6.20. The van der Waals surface area contributed by atoms with Gasteiger partial charge in [0.15, 0.2) is 0 Å². The molecule has 0 N–H and O–H groups in total. The molecule has 0 fully saturated rings. The molecule has 0 rings (SSSR count). The van der Waals surface area contributed by atoms with Crippen LogP contribution in [0.2, 0.25) is 0 Å². The molecule has 0 aromatic heterocycles. The summed E-state index contributed by atoms with van der Waals surface area (Å²) >= 11 is 10.6. The number of rotatable bonds is 8. The molecule has 0 amide bonds. The standard InChI is InChI=1S/C9H12Cl2O3/c10-3-1-7(12)5-9(14)6-8(13)2-4-11/h1-6H2. The minimum Gasteiger partial charge on any atom is -0.299 e. The van der Waals surface area contributed by atoms with Crippen molar-refractivity contribution in [1.29, 1.82) is 0 Å². The van der Waals surface area contributed by atoms with Crippen LogP contribution >= 0.6 is 23.2 Å². The first-order valence-corrected chi connectivity index (χ1v) is 5.34. The summed E-state index contributed by atoms with van der Waals surface area (Å²) in [4.78, 5) is 33.0. The van der Waals surface area contributed by atoms with Gasteiger partial charge in [-0.1, -0.05) is 0 Å². The summed E-state index contributed by atoms with van der Waals surface area (Å²) in [5.41, 5.74) is 0. The van der Waals surface area contributed by atoms with E-state index in [0.717, 1.165) is 0 Å². The number of ketones is 3. The van der Waals surface area contributed by atoms with Gasteiger partial charge in [0.1, 0.15) is 17.3 Å². The van der Waals surface area contributed by atoms with E-state index in [9.17, 15) is 14.4 Å². The van der Waals surface area contributed by atoms with E-state index in [-0.39, 0.29) is 54.8 Å². The maximum absolute atomic E-state index is 11.1. The molecule has 0 aliphatic carbocycles. The quantitative estimate of drug-likeness (QED) is 0.478. The Bertz CT molecular complexity index is 204. The molecule has 0 aromatic carbocycles. The van der Waals surface area contributed by atoms with Gasteiger partial charge >= 0.3 is 0 Å². The molecule has 0 saturated heterocycles. The van der Waals surface area contributed by atoms with Crippen LogP contribution in [0.1, 0.15) is 25.7 Å². The Balaban J connectivity index is 3.75. The molecule has 0 radical (unpaired) electrons. The van der Waals surface area contributed by atoms with Crippen molar-refractivity contribution in [1.82, 2.24) is 0 Å². The average molecular weight is 239 g/mol. The van der Waals surface area contributed by atoms with E-state index < -0.39 is 0 Å². The van der Waals surface area contributed by atoms with Crippen LogP contribution in [0.5, 0.6) is 0 Å². The van der Waals surface area contributed by atoms with Crippen LogP contribution in [0.4, 0.5) is 0 Å². The van der Waals surface area contributed by atoms with Crippen LogP contribution in [0, 0.1) is 0 Å². The van der Waals surface area contributed by atoms with Gasteiger partial charge in [-0.25, -0.2) is 0 Å². The van der Waals surface area contributed by atoms with E-state index in [0.29, 0.717) is 0 Å². The van der Waals surface area contributed by atoms with E-state index in [1.807, 2.05) is 0 Å². The van der Waals surface area contributed by atoms with Crippen molar-refractivity contribution in [2.45, 2.75) is 25.7 Å². The zero-order chi connectivity index (χ0) is 11.0. The maximum Gasteiger partial charge on any atom is 0.147 e. The van der Waals surface area contributed by atoms with E-state index in [1.54, 1.807) is 0 Å². The zero-order valence-corrected chi connectivity index (χ0v) is 9.24. The SMILES string of the molecule is O=C(CCCl)CC(=O)CC(=O)CCCl. The second-order valence-electron chi connectivity index (χ2n) is 2.85. The molecular formula is C9H12Cl2O3. The lowest BCUT2D eigenvalue weighted by Gasteiger charge is -1.97. The van der Waals surface area contributed by atoms with Crippen LogP contribution in [0.3, 0.4) is 0 Å². The molecule has 0 heterocycles. The molecule has 0 bridgehead atoms. The van der Waals surface area contributed by atoms with Crippen LogP contribution in [-0.4, -0.2) is 29.1 Å². The second-order valence-corrected chi connectivity index (χ2v) is 3.60. The Hall–Kier alpha value is -0.410. The normalized spacial score (nSPS) is 9.86. The number of hydrogen-bond donors (Lipinski definition) is 0. The number of carbonyl (C=O) groups excluding carboxylic acids is 3. The average Bonchev–Trinajstić information content (AvgIpc) is 2.03. The predicted molar refractivity (Wildman–Crippen MR) is 54.9 cm³/mol. The first-order chi connectivity index (χ1) is 6.60. The Labute approximate surface area is 92.7 Å². The van der Waals surface area contributed by atoms with Gasteiger partial charge in [-0.3, -0.25) is 14.4 Å². The van der Waals surface area contributed by atoms with Crippen LogP contribution < -0.4 is 0 Å². The Morgan fingerprint density at radius 1 is 0.714 bits per heavy atom. The summed E-state index contributed by atoms with van der Waals surface area (Å²) < 4.78 is 0. The third-order valence-corrected chi connectivity index (χ3v) is 1.91. The van der Waals surface area contributed by atoms with E-state index >= 15 is 0 Å². The molecule has 0 aliphatic heterocycles. The minimum absolute atomic E-state index is 0.178. The Morgan fingerprint density at radius 2 is 1.07 bits per heavy atom. The molecule has 0 spiro atoms. The van der Waals surface area contributed by atoms with Crippen LogP contribution in [-0.2, 0) is 14.4 Å². The highest BCUT2D eigenvalue weighted by Crippen LogP contribution is 2.00. The highest BCUT2D eigenvalue weighted by Gasteiger charge is 2.12. The third kappa shape index (κ3) is 7.04. The molecule has 0 aliphatic rings. The van der Waals surface area contributed by atoms with Gasteiger partial charge in [0.2, 0.25) is 0 Å². The van der Waals surface area contributed by atoms with Crippen LogP contribution in [0.15, 0.2) is 0 Å². The van der Waals surface area contributed by atoms with Gasteiger partial charge in [-0.15, -0.1) is 23.2 Å². The summed E-state index contributed by atoms with van der Waals surface area (Å²) in [6, 6.07) is 0. The first-order valence-electron chi connectivity index (χ1n) is 4.27. The van der Waals surface area contributed by atoms with Crippen molar-refractivity contribution in [3.63, 3.8) is 0 Å². The molecule has 80 valence electrons. The monoisotopic (exact) mass is 238 g/mol. The fourth-order valence-corrected chi connectivity index (χ4v) is 1.31. The van der Waals surface area contributed by atoms with Crippen molar-refractivity contribution in [3.05, 3.63) is 0 Å². The smallest absolute Gasteiger partial charge is 0.147 e. The number of alkyl halides is 2. The number of Topliss-reactive ketones (excluding diaryl/α,β-unsaturated/α-hetero) is 3. The second kappa shape index (κ2) is 7.94. The van der Waals surface area contributed by atoms with Gasteiger partial charge in [-0.2, -0.15) is 0 Å². The highest BCUT2D eigenvalue weighted by atomic mass is 35.5. The summed E-state index contributed by atoms with van der Waals surface area (Å²) in [5, 5.41) is 0. The zero-order valence-electron chi connectivity index (χ0n) is 7.72. The summed E-state index contributed by atoms with van der Waals surface area (Å²) in [5.74, 6) is -0.369. The largest absolute Gasteiger partial charge is 0.299 e. The number of halogens is 2. The summed E-state index contributed by atoms with van der Waals surface area (Å²) in [6.07, 6.45) is -0.0323. The molecule has 0 unspecified atom stereocenters. The Morgan fingerprint density at radius 3 is 1.36 bits per heavy atom. The lowest BCUT2D eigenvalue weighted by molar-refractivity contribution is -0.129. The topological polar surface area (TPSA) is 51.2 Å². The lowest BCUT2D eigenvalue weighted by atomic mass is 10.1. The molecule has 0 saturated carbocycles. The third-order valence-electron chi connectivity index (χ3n) is 1.54. The summed E-state index contributed by atoms with van der Waals surface area (Å²) in [6.45, 7) is 0. The number of hydrogen-bond acceptors (Lipinski definition) is 3. The van der Waals surface area contributed by atoms with Gasteiger partial charge in [0.25, 0.3) is 0 Å². The van der Waals surface area contributed by atoms with Crippen LogP contribution in [0.25, 0.3) is 0 Å². The van der Waals surface area contributed by atoms with E-state index in [1.165, 1.54) is 0 Å². The fourth-order valence-electron chi connectivity index (χ4n) is 0.890. The van der Waals surface area contributed by atoms with Gasteiger partial charge in [-0.05, 0) is 0 Å². The molecule has 14 heavy (non-hydrogen) atoms. The molecule has 0 aromatic rings. The van der Waals surface area contributed by atoms with Gasteiger partial charge < -0.3 is 0 Å². The van der Waals surface area contributed by atoms with Crippen molar-refractivity contribution < 1.29 is 14.4 Å². The Kier molecular flexibility index (Phi) is 7.71. The van der Waals surface area contributed by atoms with E-state index in [4.69, 9.17) is 23.2 Å². The van der Waals surface area contributed by atoms with Gasteiger partial charge in [0, 0.05) is 24.6 Å². The van der Waals surface area contributed by atoms with E-state index in [2.05, 4.69) is 0 Å². The molecular weight excluding hydrogens is 227 g/mol. The fraction of sp³-hybridized carbons (Fsp3) is 0.667. The van der Waals surface area contributed by atoms with Crippen molar-refractivity contribution in [2.75, 3.05) is 11.8 Å². The van der Waals surface area contributed by atoms with Gasteiger partial charge in [0.05, 0.1) is 12.8 Å². The molecule has 0 atom stereocenters.